The monoisotopic (exact) mass is 330 g/mol. The van der Waals surface area contributed by atoms with Crippen molar-refractivity contribution in [1.29, 1.82) is 0 Å². The normalized spacial score (nSPS) is 20.2. The molecule has 1 aromatic rings. The lowest BCUT2D eigenvalue weighted by Crippen LogP contribution is -2.14. The molecule has 2 rings (SSSR count). The third kappa shape index (κ3) is 5.52. The number of benzene rings is 1. The van der Waals surface area contributed by atoms with Crippen LogP contribution >= 0.6 is 0 Å². The van der Waals surface area contributed by atoms with E-state index in [0.717, 1.165) is 18.8 Å². The summed E-state index contributed by atoms with van der Waals surface area (Å²) in [5.74, 6) is 1.61. The van der Waals surface area contributed by atoms with Gasteiger partial charge in [-0.25, -0.2) is 4.79 Å². The van der Waals surface area contributed by atoms with Crippen molar-refractivity contribution in [1.82, 2.24) is 0 Å². The molecule has 4 nitrogen and oxygen atoms in total. The van der Waals surface area contributed by atoms with Crippen LogP contribution in [-0.4, -0.2) is 19.0 Å². The number of ether oxygens (including phenoxy) is 2. The first-order chi connectivity index (χ1) is 11.6. The van der Waals surface area contributed by atoms with Gasteiger partial charge in [0.25, 0.3) is 6.47 Å². The van der Waals surface area contributed by atoms with E-state index in [1.807, 2.05) is 12.1 Å². The maximum absolute atomic E-state index is 11.3. The fourth-order valence-electron chi connectivity index (χ4n) is 3.32. The van der Waals surface area contributed by atoms with Crippen LogP contribution in [0, 0.1) is 5.92 Å². The van der Waals surface area contributed by atoms with Gasteiger partial charge in [-0.3, -0.25) is 4.79 Å². The standard InChI is InChI=1S/C20H26O4/c1-15(2)20(22)23-13-3-4-16-5-7-17(8-6-16)18-9-11-19(12-10-18)24-14-21/h9-12,14,16-17H,1,3-8,13H2,2H3. The molecule has 0 saturated heterocycles. The van der Waals surface area contributed by atoms with E-state index in [4.69, 9.17) is 9.47 Å². The van der Waals surface area contributed by atoms with E-state index < -0.39 is 0 Å². The molecule has 0 N–H and O–H groups in total. The molecule has 0 unspecified atom stereocenters. The quantitative estimate of drug-likeness (QED) is 0.307. The van der Waals surface area contributed by atoms with Crippen LogP contribution in [0.5, 0.6) is 5.75 Å². The Labute approximate surface area is 143 Å². The van der Waals surface area contributed by atoms with Crippen LogP contribution in [0.1, 0.15) is 56.9 Å². The molecule has 24 heavy (non-hydrogen) atoms. The molecule has 1 fully saturated rings. The molecule has 0 heterocycles. The van der Waals surface area contributed by atoms with Crippen molar-refractivity contribution in [3.05, 3.63) is 42.0 Å². The highest BCUT2D eigenvalue weighted by molar-refractivity contribution is 5.86. The van der Waals surface area contributed by atoms with E-state index >= 15 is 0 Å². The van der Waals surface area contributed by atoms with Gasteiger partial charge in [-0.05, 0) is 75.0 Å². The Morgan fingerprint density at radius 1 is 1.21 bits per heavy atom. The van der Waals surface area contributed by atoms with Crippen molar-refractivity contribution >= 4 is 12.4 Å². The van der Waals surface area contributed by atoms with Gasteiger partial charge < -0.3 is 9.47 Å². The minimum Gasteiger partial charge on any atom is -0.462 e. The van der Waals surface area contributed by atoms with Crippen LogP contribution in [0.3, 0.4) is 0 Å². The number of esters is 1. The second-order valence-corrected chi connectivity index (χ2v) is 6.56. The molecule has 1 aromatic carbocycles. The largest absolute Gasteiger partial charge is 0.462 e. The van der Waals surface area contributed by atoms with E-state index in [0.29, 0.717) is 30.3 Å². The van der Waals surface area contributed by atoms with Gasteiger partial charge in [0.05, 0.1) is 6.61 Å². The smallest absolute Gasteiger partial charge is 0.333 e. The minimum absolute atomic E-state index is 0.291. The zero-order valence-corrected chi connectivity index (χ0v) is 14.3. The van der Waals surface area contributed by atoms with Crippen molar-refractivity contribution in [2.75, 3.05) is 6.61 Å². The van der Waals surface area contributed by atoms with Crippen molar-refractivity contribution in [2.45, 2.75) is 51.4 Å². The fraction of sp³-hybridized carbons (Fsp3) is 0.500. The molecular formula is C20H26O4. The highest BCUT2D eigenvalue weighted by atomic mass is 16.5. The first-order valence-electron chi connectivity index (χ1n) is 8.63. The van der Waals surface area contributed by atoms with Crippen LogP contribution < -0.4 is 4.74 Å². The lowest BCUT2D eigenvalue weighted by Gasteiger charge is -2.28. The number of carbonyl (C=O) groups excluding carboxylic acids is 2. The molecule has 0 radical (unpaired) electrons. The molecule has 0 amide bonds. The first kappa shape index (κ1) is 18.2. The zero-order chi connectivity index (χ0) is 17.4. The number of hydrogen-bond acceptors (Lipinski definition) is 4. The van der Waals surface area contributed by atoms with E-state index in [9.17, 15) is 9.59 Å². The summed E-state index contributed by atoms with van der Waals surface area (Å²) in [6.07, 6.45) is 6.83. The van der Waals surface area contributed by atoms with Crippen molar-refractivity contribution in [2.24, 2.45) is 5.92 Å². The molecule has 0 aromatic heterocycles. The fourth-order valence-corrected chi connectivity index (χ4v) is 3.32. The summed E-state index contributed by atoms with van der Waals surface area (Å²) in [7, 11) is 0. The maximum atomic E-state index is 11.3. The minimum atomic E-state index is -0.291. The lowest BCUT2D eigenvalue weighted by atomic mass is 9.77. The zero-order valence-electron chi connectivity index (χ0n) is 14.3. The Balaban J connectivity index is 1.68. The second kappa shape index (κ2) is 9.26. The van der Waals surface area contributed by atoms with Crippen molar-refractivity contribution in [3.8, 4) is 5.75 Å². The third-order valence-electron chi connectivity index (χ3n) is 4.72. The Bertz CT molecular complexity index is 554. The summed E-state index contributed by atoms with van der Waals surface area (Å²) in [5.41, 5.74) is 1.78. The van der Waals surface area contributed by atoms with Crippen molar-refractivity contribution < 1.29 is 19.1 Å². The Morgan fingerprint density at radius 2 is 1.88 bits per heavy atom. The molecule has 0 bridgehead atoms. The average molecular weight is 330 g/mol. The van der Waals surface area contributed by atoms with Gasteiger partial charge in [0.2, 0.25) is 0 Å². The van der Waals surface area contributed by atoms with Gasteiger partial charge in [-0.2, -0.15) is 0 Å². The Morgan fingerprint density at radius 3 is 2.46 bits per heavy atom. The predicted molar refractivity (Wildman–Crippen MR) is 92.8 cm³/mol. The van der Waals surface area contributed by atoms with Crippen LogP contribution in [0.2, 0.25) is 0 Å². The van der Waals surface area contributed by atoms with Gasteiger partial charge in [0.15, 0.2) is 0 Å². The van der Waals surface area contributed by atoms with Crippen LogP contribution in [0.4, 0.5) is 0 Å². The van der Waals surface area contributed by atoms with E-state index in [2.05, 4.69) is 18.7 Å². The topological polar surface area (TPSA) is 52.6 Å². The summed E-state index contributed by atoms with van der Waals surface area (Å²) in [6, 6.07) is 7.82. The molecule has 1 aliphatic carbocycles. The summed E-state index contributed by atoms with van der Waals surface area (Å²) in [6.45, 7) is 6.19. The lowest BCUT2D eigenvalue weighted by molar-refractivity contribution is -0.139. The molecular weight excluding hydrogens is 304 g/mol. The van der Waals surface area contributed by atoms with Crippen LogP contribution in [0.25, 0.3) is 0 Å². The summed E-state index contributed by atoms with van der Waals surface area (Å²) in [5, 5.41) is 0. The van der Waals surface area contributed by atoms with Gasteiger partial charge in [-0.15, -0.1) is 0 Å². The summed E-state index contributed by atoms with van der Waals surface area (Å²) in [4.78, 5) is 21.6. The van der Waals surface area contributed by atoms with Gasteiger partial charge >= 0.3 is 5.97 Å². The SMILES string of the molecule is C=C(C)C(=O)OCCCC1CCC(c2ccc(OC=O)cc2)CC1. The predicted octanol–water partition coefficient (Wildman–Crippen LogP) is 4.40. The summed E-state index contributed by atoms with van der Waals surface area (Å²) < 4.78 is 9.97. The third-order valence-corrected chi connectivity index (χ3v) is 4.72. The number of hydrogen-bond donors (Lipinski definition) is 0. The van der Waals surface area contributed by atoms with E-state index in [-0.39, 0.29) is 5.97 Å². The number of carbonyl (C=O) groups is 2. The molecule has 130 valence electrons. The molecule has 1 aliphatic rings. The number of rotatable bonds is 8. The van der Waals surface area contributed by atoms with Crippen molar-refractivity contribution in [3.63, 3.8) is 0 Å². The molecule has 1 saturated carbocycles. The maximum Gasteiger partial charge on any atom is 0.333 e. The Kier molecular flexibility index (Phi) is 7.04. The summed E-state index contributed by atoms with van der Waals surface area (Å²) >= 11 is 0. The van der Waals surface area contributed by atoms with Crippen LogP contribution in [-0.2, 0) is 14.3 Å². The average Bonchev–Trinajstić information content (AvgIpc) is 2.60. The second-order valence-electron chi connectivity index (χ2n) is 6.56. The van der Waals surface area contributed by atoms with Gasteiger partial charge in [0, 0.05) is 5.57 Å². The molecule has 0 spiro atoms. The van der Waals surface area contributed by atoms with E-state index in [1.54, 1.807) is 6.92 Å². The molecule has 4 heteroatoms. The highest BCUT2D eigenvalue weighted by Gasteiger charge is 2.22. The first-order valence-corrected chi connectivity index (χ1v) is 8.63. The molecule has 0 aliphatic heterocycles. The van der Waals surface area contributed by atoms with E-state index in [1.165, 1.54) is 31.2 Å². The van der Waals surface area contributed by atoms with Crippen LogP contribution in [0.15, 0.2) is 36.4 Å². The highest BCUT2D eigenvalue weighted by Crippen LogP contribution is 2.37. The molecule has 0 atom stereocenters. The van der Waals surface area contributed by atoms with Gasteiger partial charge in [-0.1, -0.05) is 18.7 Å². The van der Waals surface area contributed by atoms with Gasteiger partial charge in [0.1, 0.15) is 5.75 Å². The Hall–Kier alpha value is -2.10.